The van der Waals surface area contributed by atoms with Gasteiger partial charge in [0.15, 0.2) is 0 Å². The first-order valence-corrected chi connectivity index (χ1v) is 4.29. The number of rotatable bonds is 1. The first-order valence-electron chi connectivity index (χ1n) is 3.92. The summed E-state index contributed by atoms with van der Waals surface area (Å²) in [5.41, 5.74) is -2.62. The van der Waals surface area contributed by atoms with Crippen molar-refractivity contribution in [2.24, 2.45) is 0 Å². The fourth-order valence-corrected chi connectivity index (χ4v) is 1.34. The van der Waals surface area contributed by atoms with Crippen LogP contribution in [0.25, 0.3) is 0 Å². The molecule has 1 rings (SSSR count). The summed E-state index contributed by atoms with van der Waals surface area (Å²) in [4.78, 5) is 11.0. The Morgan fingerprint density at radius 3 is 2.38 bits per heavy atom. The lowest BCUT2D eigenvalue weighted by atomic mass is 10.1. The number of esters is 1. The minimum absolute atomic E-state index is 0.314. The third-order valence-corrected chi connectivity index (χ3v) is 1.96. The van der Waals surface area contributed by atoms with Gasteiger partial charge >= 0.3 is 12.1 Å². The first kappa shape index (κ1) is 12.8. The van der Waals surface area contributed by atoms with E-state index in [9.17, 15) is 22.4 Å². The first-order chi connectivity index (χ1) is 7.27. The van der Waals surface area contributed by atoms with Crippen LogP contribution in [-0.4, -0.2) is 13.1 Å². The van der Waals surface area contributed by atoms with E-state index in [2.05, 4.69) is 4.74 Å². The van der Waals surface area contributed by atoms with E-state index >= 15 is 0 Å². The zero-order valence-corrected chi connectivity index (χ0v) is 8.62. The number of hydrogen-bond acceptors (Lipinski definition) is 2. The summed E-state index contributed by atoms with van der Waals surface area (Å²) >= 11 is 5.36. The Hall–Kier alpha value is -1.30. The average Bonchev–Trinajstić information content (AvgIpc) is 2.12. The number of hydrogen-bond donors (Lipinski definition) is 0. The molecule has 0 amide bonds. The topological polar surface area (TPSA) is 26.3 Å². The van der Waals surface area contributed by atoms with Crippen molar-refractivity contribution >= 4 is 17.6 Å². The van der Waals surface area contributed by atoms with Gasteiger partial charge in [-0.25, -0.2) is 9.18 Å². The molecule has 0 aliphatic heterocycles. The molecule has 0 saturated carbocycles. The summed E-state index contributed by atoms with van der Waals surface area (Å²) in [7, 11) is 0.890. The molecule has 0 N–H and O–H groups in total. The summed E-state index contributed by atoms with van der Waals surface area (Å²) in [6, 6.07) is 1.19. The number of methoxy groups -OCH3 is 1. The molecule has 1 aromatic carbocycles. The summed E-state index contributed by atoms with van der Waals surface area (Å²) in [5, 5.41) is -0.314. The molecule has 88 valence electrons. The van der Waals surface area contributed by atoms with Crippen LogP contribution in [0.1, 0.15) is 15.9 Å². The Bertz CT molecular complexity index is 428. The van der Waals surface area contributed by atoms with E-state index in [0.717, 1.165) is 7.11 Å². The van der Waals surface area contributed by atoms with Crippen molar-refractivity contribution in [1.82, 2.24) is 0 Å². The molecule has 0 fully saturated rings. The molecule has 2 nitrogen and oxygen atoms in total. The van der Waals surface area contributed by atoms with Crippen LogP contribution in [0.3, 0.4) is 0 Å². The van der Waals surface area contributed by atoms with Crippen molar-refractivity contribution in [3.8, 4) is 0 Å². The van der Waals surface area contributed by atoms with Crippen LogP contribution in [0.4, 0.5) is 17.6 Å². The highest BCUT2D eigenvalue weighted by molar-refractivity contribution is 6.31. The normalized spacial score (nSPS) is 11.4. The van der Waals surface area contributed by atoms with Crippen molar-refractivity contribution in [1.29, 1.82) is 0 Å². The van der Waals surface area contributed by atoms with E-state index in [1.807, 2.05) is 0 Å². The van der Waals surface area contributed by atoms with E-state index < -0.39 is 29.1 Å². The minimum atomic E-state index is -4.99. The van der Waals surface area contributed by atoms with E-state index in [-0.39, 0.29) is 5.02 Å². The van der Waals surface area contributed by atoms with E-state index in [4.69, 9.17) is 11.6 Å². The Morgan fingerprint density at radius 2 is 1.94 bits per heavy atom. The van der Waals surface area contributed by atoms with Gasteiger partial charge in [0, 0.05) is 5.02 Å². The lowest BCUT2D eigenvalue weighted by Crippen LogP contribution is -2.16. The predicted octanol–water partition coefficient (Wildman–Crippen LogP) is 3.28. The molecule has 0 saturated heterocycles. The van der Waals surface area contributed by atoms with Crippen LogP contribution >= 0.6 is 11.6 Å². The molecule has 1 aromatic rings. The summed E-state index contributed by atoms with van der Waals surface area (Å²) in [6.07, 6.45) is -4.99. The summed E-state index contributed by atoms with van der Waals surface area (Å²) < 4.78 is 54.5. The molecule has 16 heavy (non-hydrogen) atoms. The Balaban J connectivity index is 3.51. The lowest BCUT2D eigenvalue weighted by Gasteiger charge is -2.12. The van der Waals surface area contributed by atoms with Gasteiger partial charge in [0.25, 0.3) is 0 Å². The quantitative estimate of drug-likeness (QED) is 0.569. The second kappa shape index (κ2) is 4.29. The van der Waals surface area contributed by atoms with Gasteiger partial charge in [-0.1, -0.05) is 11.6 Å². The molecule has 0 aromatic heterocycles. The number of carbonyl (C=O) groups excluding carboxylic acids is 1. The van der Waals surface area contributed by atoms with Gasteiger partial charge in [-0.05, 0) is 12.1 Å². The van der Waals surface area contributed by atoms with Crippen LogP contribution in [-0.2, 0) is 10.9 Å². The molecule has 0 heterocycles. The molecule has 0 aliphatic rings. The predicted molar refractivity (Wildman–Crippen MR) is 47.8 cm³/mol. The van der Waals surface area contributed by atoms with Crippen LogP contribution in [0.15, 0.2) is 12.1 Å². The van der Waals surface area contributed by atoms with Crippen LogP contribution in [0.2, 0.25) is 5.02 Å². The Morgan fingerprint density at radius 1 is 1.38 bits per heavy atom. The number of alkyl halides is 3. The van der Waals surface area contributed by atoms with Crippen molar-refractivity contribution in [2.45, 2.75) is 6.18 Å². The third-order valence-electron chi connectivity index (χ3n) is 1.74. The maximum Gasteiger partial charge on any atom is 0.420 e. The van der Waals surface area contributed by atoms with Crippen molar-refractivity contribution in [3.63, 3.8) is 0 Å². The van der Waals surface area contributed by atoms with Gasteiger partial charge in [-0.3, -0.25) is 0 Å². The second-order valence-corrected chi connectivity index (χ2v) is 3.24. The van der Waals surface area contributed by atoms with Gasteiger partial charge in [0.2, 0.25) is 0 Å². The monoisotopic (exact) mass is 256 g/mol. The van der Waals surface area contributed by atoms with Gasteiger partial charge in [-0.2, -0.15) is 13.2 Å². The maximum atomic E-state index is 13.1. The third kappa shape index (κ3) is 2.44. The van der Waals surface area contributed by atoms with E-state index in [0.29, 0.717) is 12.1 Å². The number of benzene rings is 1. The van der Waals surface area contributed by atoms with Crippen molar-refractivity contribution in [3.05, 3.63) is 34.1 Å². The zero-order chi connectivity index (χ0) is 12.5. The van der Waals surface area contributed by atoms with Crippen molar-refractivity contribution in [2.75, 3.05) is 7.11 Å². The summed E-state index contributed by atoms with van der Waals surface area (Å²) in [6.45, 7) is 0. The van der Waals surface area contributed by atoms with Gasteiger partial charge in [-0.15, -0.1) is 0 Å². The average molecular weight is 257 g/mol. The molecule has 0 aliphatic carbocycles. The molecule has 7 heteroatoms. The highest BCUT2D eigenvalue weighted by Crippen LogP contribution is 2.35. The Kier molecular flexibility index (Phi) is 3.42. The molecule has 0 bridgehead atoms. The smallest absolute Gasteiger partial charge is 0.420 e. The largest absolute Gasteiger partial charge is 0.465 e. The highest BCUT2D eigenvalue weighted by Gasteiger charge is 2.39. The number of carbonyl (C=O) groups is 1. The maximum absolute atomic E-state index is 13.1. The highest BCUT2D eigenvalue weighted by atomic mass is 35.5. The molecule has 0 atom stereocenters. The number of halogens is 5. The molecular formula is C9H5ClF4O2. The van der Waals surface area contributed by atoms with E-state index in [1.165, 1.54) is 0 Å². The number of ether oxygens (including phenoxy) is 1. The van der Waals surface area contributed by atoms with Crippen LogP contribution in [0.5, 0.6) is 0 Å². The van der Waals surface area contributed by atoms with Crippen LogP contribution < -0.4 is 0 Å². The minimum Gasteiger partial charge on any atom is -0.465 e. The summed E-state index contributed by atoms with van der Waals surface area (Å²) in [5.74, 6) is -2.91. The fourth-order valence-electron chi connectivity index (χ4n) is 1.13. The molecular weight excluding hydrogens is 252 g/mol. The second-order valence-electron chi connectivity index (χ2n) is 2.80. The standard InChI is InChI=1S/C9H5ClF4O2/c1-16-8(15)5-2-4(10)3-6(11)7(5)9(12,13)14/h2-3H,1H3. The van der Waals surface area contributed by atoms with Gasteiger partial charge in [0.05, 0.1) is 12.7 Å². The fraction of sp³-hybridized carbons (Fsp3) is 0.222. The van der Waals surface area contributed by atoms with Gasteiger partial charge < -0.3 is 4.74 Å². The van der Waals surface area contributed by atoms with Crippen LogP contribution in [0, 0.1) is 5.82 Å². The zero-order valence-electron chi connectivity index (χ0n) is 7.86. The molecule has 0 radical (unpaired) electrons. The SMILES string of the molecule is COC(=O)c1cc(Cl)cc(F)c1C(F)(F)F. The lowest BCUT2D eigenvalue weighted by molar-refractivity contribution is -0.140. The molecule has 0 unspecified atom stereocenters. The Labute approximate surface area is 92.8 Å². The van der Waals surface area contributed by atoms with Gasteiger partial charge in [0.1, 0.15) is 11.4 Å². The molecule has 0 spiro atoms. The van der Waals surface area contributed by atoms with E-state index in [1.54, 1.807) is 0 Å². The van der Waals surface area contributed by atoms with Crippen molar-refractivity contribution < 1.29 is 27.1 Å².